The third-order valence-electron chi connectivity index (χ3n) is 4.32. The summed E-state index contributed by atoms with van der Waals surface area (Å²) in [5.74, 6) is 1.68. The molecule has 138 valence electrons. The summed E-state index contributed by atoms with van der Waals surface area (Å²) in [6.07, 6.45) is 7.29. The number of pyridine rings is 2. The summed E-state index contributed by atoms with van der Waals surface area (Å²) in [7, 11) is 0. The number of rotatable bonds is 5. The lowest BCUT2D eigenvalue weighted by molar-refractivity contribution is 0.843. The van der Waals surface area contributed by atoms with E-state index < -0.39 is 0 Å². The minimum absolute atomic E-state index is 0.275. The topological polar surface area (TPSA) is 105 Å². The average Bonchev–Trinajstić information content (AvgIpc) is 3.16. The molecule has 1 N–H and O–H groups in total. The van der Waals surface area contributed by atoms with Crippen molar-refractivity contribution < 1.29 is 0 Å². The van der Waals surface area contributed by atoms with E-state index in [1.165, 1.54) is 0 Å². The van der Waals surface area contributed by atoms with Gasteiger partial charge in [0.25, 0.3) is 0 Å². The van der Waals surface area contributed by atoms with Gasteiger partial charge in [0, 0.05) is 6.20 Å². The van der Waals surface area contributed by atoms with E-state index in [4.69, 9.17) is 5.26 Å². The Hall–Kier alpha value is -3.86. The number of hydrogen-bond acceptors (Lipinski definition) is 7. The largest absolute Gasteiger partial charge is 0.323 e. The van der Waals surface area contributed by atoms with Gasteiger partial charge in [-0.1, -0.05) is 13.8 Å². The van der Waals surface area contributed by atoms with Crippen LogP contribution in [-0.4, -0.2) is 29.7 Å². The van der Waals surface area contributed by atoms with Gasteiger partial charge < -0.3 is 9.88 Å². The molecule has 4 aromatic heterocycles. The first-order valence-corrected chi connectivity index (χ1v) is 8.89. The number of fused-ring (bicyclic) bond motifs is 1. The van der Waals surface area contributed by atoms with E-state index in [0.29, 0.717) is 17.6 Å². The van der Waals surface area contributed by atoms with Gasteiger partial charge in [-0.05, 0) is 35.7 Å². The molecule has 0 bridgehead atoms. The molecule has 0 aliphatic heterocycles. The normalized spacial score (nSPS) is 10.9. The Kier molecular flexibility index (Phi) is 4.64. The fourth-order valence-corrected chi connectivity index (χ4v) is 2.77. The molecule has 0 unspecified atom stereocenters. The molecule has 0 aromatic carbocycles. The van der Waals surface area contributed by atoms with E-state index in [9.17, 15) is 0 Å². The van der Waals surface area contributed by atoms with Gasteiger partial charge in [-0.25, -0.2) is 9.97 Å². The van der Waals surface area contributed by atoms with Crippen LogP contribution in [0.3, 0.4) is 0 Å². The van der Waals surface area contributed by atoms with Gasteiger partial charge in [0.1, 0.15) is 5.82 Å². The average molecular weight is 370 g/mol. The predicted molar refractivity (Wildman–Crippen MR) is 105 cm³/mol. The zero-order chi connectivity index (χ0) is 19.5. The molecule has 0 saturated carbocycles. The molecule has 8 heteroatoms. The van der Waals surface area contributed by atoms with E-state index in [-0.39, 0.29) is 6.42 Å². The molecule has 0 saturated heterocycles. The van der Waals surface area contributed by atoms with E-state index >= 15 is 0 Å². The highest BCUT2D eigenvalue weighted by Crippen LogP contribution is 2.21. The third kappa shape index (κ3) is 3.64. The van der Waals surface area contributed by atoms with Crippen LogP contribution < -0.4 is 5.32 Å². The molecule has 4 rings (SSSR count). The summed E-state index contributed by atoms with van der Waals surface area (Å²) in [5, 5.41) is 20.2. The first-order valence-electron chi connectivity index (χ1n) is 8.89. The molecule has 0 spiro atoms. The van der Waals surface area contributed by atoms with Gasteiger partial charge in [0.15, 0.2) is 5.82 Å². The van der Waals surface area contributed by atoms with Crippen molar-refractivity contribution in [3.63, 3.8) is 0 Å². The Morgan fingerprint density at radius 1 is 1.11 bits per heavy atom. The molecule has 0 aliphatic rings. The van der Waals surface area contributed by atoms with Crippen LogP contribution in [0.1, 0.15) is 31.0 Å². The SMILES string of the molecule is CC(C)c1cnnc(Nc2ccc3ncc(-n4cnc(CC#N)c4)cc3n2)c1. The van der Waals surface area contributed by atoms with Gasteiger partial charge in [0.2, 0.25) is 0 Å². The van der Waals surface area contributed by atoms with Crippen molar-refractivity contribution in [3.8, 4) is 11.8 Å². The quantitative estimate of drug-likeness (QED) is 0.573. The standard InChI is InChI=1S/C20H18N8/c1-13(2)14-7-20(27-24-9-14)26-19-4-3-17-18(25-19)8-16(10-22-17)28-11-15(5-6-21)23-12-28/h3-4,7-13H,5H2,1-2H3,(H,25,26,27). The zero-order valence-electron chi connectivity index (χ0n) is 15.5. The molecule has 4 aromatic rings. The van der Waals surface area contributed by atoms with Crippen molar-refractivity contribution in [2.45, 2.75) is 26.2 Å². The first-order chi connectivity index (χ1) is 13.6. The lowest BCUT2D eigenvalue weighted by atomic mass is 10.1. The van der Waals surface area contributed by atoms with Gasteiger partial charge in [-0.3, -0.25) is 4.98 Å². The fourth-order valence-electron chi connectivity index (χ4n) is 2.77. The minimum Gasteiger partial charge on any atom is -0.323 e. The zero-order valence-corrected chi connectivity index (χ0v) is 15.5. The molecule has 0 amide bonds. The highest BCUT2D eigenvalue weighted by Gasteiger charge is 2.07. The fraction of sp³-hybridized carbons (Fsp3) is 0.200. The molecular weight excluding hydrogens is 352 g/mol. The summed E-state index contributed by atoms with van der Waals surface area (Å²) in [6.45, 7) is 4.22. The van der Waals surface area contributed by atoms with Crippen LogP contribution >= 0.6 is 0 Å². The molecule has 8 nitrogen and oxygen atoms in total. The number of imidazole rings is 1. The van der Waals surface area contributed by atoms with E-state index in [0.717, 1.165) is 28.0 Å². The molecule has 28 heavy (non-hydrogen) atoms. The number of nitrogens with one attached hydrogen (secondary N) is 1. The van der Waals surface area contributed by atoms with Crippen molar-refractivity contribution in [2.24, 2.45) is 0 Å². The predicted octanol–water partition coefficient (Wildman–Crippen LogP) is 3.54. The van der Waals surface area contributed by atoms with E-state index in [2.05, 4.69) is 50.4 Å². The Morgan fingerprint density at radius 3 is 2.82 bits per heavy atom. The second-order valence-electron chi connectivity index (χ2n) is 6.69. The summed E-state index contributed by atoms with van der Waals surface area (Å²) < 4.78 is 1.83. The second-order valence-corrected chi connectivity index (χ2v) is 6.69. The van der Waals surface area contributed by atoms with Crippen LogP contribution in [0.25, 0.3) is 16.7 Å². The minimum atomic E-state index is 0.275. The Balaban J connectivity index is 1.64. The number of aromatic nitrogens is 6. The van der Waals surface area contributed by atoms with Gasteiger partial charge in [-0.2, -0.15) is 10.4 Å². The van der Waals surface area contributed by atoms with E-state index in [1.807, 2.05) is 35.0 Å². The summed E-state index contributed by atoms with van der Waals surface area (Å²) >= 11 is 0. The first kappa shape index (κ1) is 17.5. The maximum absolute atomic E-state index is 8.80. The summed E-state index contributed by atoms with van der Waals surface area (Å²) in [4.78, 5) is 13.3. The highest BCUT2D eigenvalue weighted by atomic mass is 15.2. The maximum Gasteiger partial charge on any atom is 0.154 e. The lowest BCUT2D eigenvalue weighted by Crippen LogP contribution is -2.00. The van der Waals surface area contributed by atoms with E-state index in [1.54, 1.807) is 18.7 Å². The molecule has 4 heterocycles. The number of nitrogens with zero attached hydrogens (tertiary/aromatic N) is 7. The van der Waals surface area contributed by atoms with Gasteiger partial charge in [0.05, 0.1) is 53.6 Å². The van der Waals surface area contributed by atoms with Crippen molar-refractivity contribution in [2.75, 3.05) is 5.32 Å². The lowest BCUT2D eigenvalue weighted by Gasteiger charge is -2.09. The smallest absolute Gasteiger partial charge is 0.154 e. The monoisotopic (exact) mass is 370 g/mol. The summed E-state index contributed by atoms with van der Waals surface area (Å²) in [5.41, 5.74) is 4.18. The molecular formula is C20H18N8. The number of hydrogen-bond donors (Lipinski definition) is 1. The molecule has 0 fully saturated rings. The van der Waals surface area contributed by atoms with Crippen LogP contribution in [-0.2, 0) is 6.42 Å². The van der Waals surface area contributed by atoms with Gasteiger partial charge >= 0.3 is 0 Å². The van der Waals surface area contributed by atoms with Gasteiger partial charge in [-0.15, -0.1) is 5.10 Å². The number of nitriles is 1. The second kappa shape index (κ2) is 7.40. The van der Waals surface area contributed by atoms with Crippen molar-refractivity contribution >= 4 is 22.7 Å². The van der Waals surface area contributed by atoms with Crippen LogP contribution in [0.4, 0.5) is 11.6 Å². The Bertz CT molecular complexity index is 1170. The molecule has 0 aliphatic carbocycles. The third-order valence-corrected chi connectivity index (χ3v) is 4.32. The molecule has 0 atom stereocenters. The molecule has 0 radical (unpaired) electrons. The highest BCUT2D eigenvalue weighted by molar-refractivity contribution is 5.78. The summed E-state index contributed by atoms with van der Waals surface area (Å²) in [6, 6.07) is 9.77. The van der Waals surface area contributed by atoms with Crippen LogP contribution in [0.2, 0.25) is 0 Å². The van der Waals surface area contributed by atoms with Crippen molar-refractivity contribution in [1.82, 2.24) is 29.7 Å². The number of anilines is 2. The van der Waals surface area contributed by atoms with Crippen molar-refractivity contribution in [3.05, 3.63) is 60.4 Å². The van der Waals surface area contributed by atoms with Crippen LogP contribution in [0, 0.1) is 11.3 Å². The van der Waals surface area contributed by atoms with Crippen molar-refractivity contribution in [1.29, 1.82) is 5.26 Å². The van der Waals surface area contributed by atoms with Crippen LogP contribution in [0.5, 0.6) is 0 Å². The maximum atomic E-state index is 8.80. The van der Waals surface area contributed by atoms with Crippen LogP contribution in [0.15, 0.2) is 49.2 Å². The Morgan fingerprint density at radius 2 is 2.00 bits per heavy atom. The Labute approximate surface area is 161 Å².